The minimum absolute atomic E-state index is 0.116. The molecular formula is C13H16N2O. The van der Waals surface area contributed by atoms with Crippen molar-refractivity contribution in [2.75, 3.05) is 11.4 Å². The molecule has 84 valence electrons. The lowest BCUT2D eigenvalue weighted by Gasteiger charge is -2.23. The Hall–Kier alpha value is -1.48. The lowest BCUT2D eigenvalue weighted by Crippen LogP contribution is -2.36. The second kappa shape index (κ2) is 3.52. The van der Waals surface area contributed by atoms with Gasteiger partial charge in [-0.05, 0) is 24.5 Å². The fourth-order valence-electron chi connectivity index (χ4n) is 2.57. The van der Waals surface area contributed by atoms with E-state index in [9.17, 15) is 0 Å². The number of hydrogen-bond donors (Lipinski definition) is 1. The Labute approximate surface area is 94.8 Å². The van der Waals surface area contributed by atoms with Crippen LogP contribution in [0.4, 0.5) is 5.69 Å². The number of nitrogens with two attached hydrogens (primary N) is 1. The number of benzene rings is 1. The third kappa shape index (κ3) is 1.39. The second-order valence-corrected chi connectivity index (χ2v) is 4.68. The van der Waals surface area contributed by atoms with Crippen molar-refractivity contribution in [1.29, 1.82) is 0 Å². The summed E-state index contributed by atoms with van der Waals surface area (Å²) in [5.74, 6) is 0.653. The van der Waals surface area contributed by atoms with E-state index in [4.69, 9.17) is 10.2 Å². The number of fused-ring (bicyclic) bond motifs is 1. The first-order valence-electron chi connectivity index (χ1n) is 5.74. The first kappa shape index (κ1) is 9.73. The molecule has 2 N–H and O–H groups in total. The summed E-state index contributed by atoms with van der Waals surface area (Å²) in [4.78, 5) is 2.25. The highest BCUT2D eigenvalue weighted by atomic mass is 16.3. The van der Waals surface area contributed by atoms with Crippen molar-refractivity contribution in [2.24, 2.45) is 11.7 Å². The van der Waals surface area contributed by atoms with Crippen LogP contribution in [0.2, 0.25) is 0 Å². The molecule has 2 unspecified atom stereocenters. The zero-order valence-corrected chi connectivity index (χ0v) is 9.39. The van der Waals surface area contributed by atoms with Gasteiger partial charge >= 0.3 is 0 Å². The van der Waals surface area contributed by atoms with E-state index in [2.05, 4.69) is 30.0 Å². The van der Waals surface area contributed by atoms with Gasteiger partial charge in [0.15, 0.2) is 5.58 Å². The topological polar surface area (TPSA) is 42.4 Å². The molecule has 1 fully saturated rings. The Balaban J connectivity index is 2.08. The lowest BCUT2D eigenvalue weighted by molar-refractivity contribution is 0.606. The van der Waals surface area contributed by atoms with Crippen LogP contribution < -0.4 is 10.6 Å². The zero-order valence-electron chi connectivity index (χ0n) is 9.39. The molecule has 3 heteroatoms. The number of furan rings is 1. The summed E-state index contributed by atoms with van der Waals surface area (Å²) >= 11 is 0. The molecule has 2 aromatic rings. The van der Waals surface area contributed by atoms with Crippen LogP contribution in [0.1, 0.15) is 13.3 Å². The van der Waals surface area contributed by atoms with Gasteiger partial charge in [0.05, 0.1) is 18.1 Å². The van der Waals surface area contributed by atoms with Gasteiger partial charge in [0, 0.05) is 11.9 Å². The molecule has 2 atom stereocenters. The predicted octanol–water partition coefficient (Wildman–Crippen LogP) is 2.56. The molecule has 1 aromatic heterocycles. The van der Waals surface area contributed by atoms with E-state index in [1.165, 1.54) is 0 Å². The molecule has 0 spiro atoms. The molecule has 1 aliphatic rings. The first-order valence-corrected chi connectivity index (χ1v) is 5.74. The standard InChI is InChI=1S/C13H16N2O/c1-9-7-12(14)15(8-9)11-4-2-3-10-5-6-16-13(10)11/h2-6,9,12H,7-8,14H2,1H3. The second-order valence-electron chi connectivity index (χ2n) is 4.68. The summed E-state index contributed by atoms with van der Waals surface area (Å²) in [6, 6.07) is 8.20. The van der Waals surface area contributed by atoms with Gasteiger partial charge in [-0.2, -0.15) is 0 Å². The van der Waals surface area contributed by atoms with Crippen LogP contribution in [0.25, 0.3) is 11.0 Å². The average Bonchev–Trinajstić information content (AvgIpc) is 2.84. The Morgan fingerprint density at radius 2 is 2.25 bits per heavy atom. The van der Waals surface area contributed by atoms with Crippen molar-refractivity contribution >= 4 is 16.7 Å². The molecule has 0 radical (unpaired) electrons. The van der Waals surface area contributed by atoms with Crippen LogP contribution in [0.5, 0.6) is 0 Å². The Morgan fingerprint density at radius 3 is 3.00 bits per heavy atom. The summed E-state index contributed by atoms with van der Waals surface area (Å²) in [5, 5.41) is 1.14. The Morgan fingerprint density at radius 1 is 1.38 bits per heavy atom. The molecule has 0 bridgehead atoms. The Bertz CT molecular complexity index is 505. The van der Waals surface area contributed by atoms with Crippen molar-refractivity contribution in [3.05, 3.63) is 30.5 Å². The molecule has 1 aliphatic heterocycles. The van der Waals surface area contributed by atoms with E-state index >= 15 is 0 Å². The van der Waals surface area contributed by atoms with Gasteiger partial charge in [0.2, 0.25) is 0 Å². The molecule has 3 rings (SSSR count). The van der Waals surface area contributed by atoms with Gasteiger partial charge in [-0.25, -0.2) is 0 Å². The van der Waals surface area contributed by atoms with E-state index in [1.807, 2.05) is 6.07 Å². The average molecular weight is 216 g/mol. The maximum atomic E-state index is 6.15. The highest BCUT2D eigenvalue weighted by Gasteiger charge is 2.28. The minimum atomic E-state index is 0.116. The Kier molecular flexibility index (Phi) is 2.14. The predicted molar refractivity (Wildman–Crippen MR) is 65.3 cm³/mol. The SMILES string of the molecule is CC1CC(N)N(c2cccc3ccoc23)C1. The first-order chi connectivity index (χ1) is 7.75. The van der Waals surface area contributed by atoms with Crippen LogP contribution in [0.3, 0.4) is 0 Å². The van der Waals surface area contributed by atoms with Crippen LogP contribution in [-0.4, -0.2) is 12.7 Å². The molecule has 1 saturated heterocycles. The molecular weight excluding hydrogens is 200 g/mol. The van der Waals surface area contributed by atoms with Crippen molar-refractivity contribution in [3.8, 4) is 0 Å². The van der Waals surface area contributed by atoms with Gasteiger partial charge in [-0.1, -0.05) is 19.1 Å². The summed E-state index contributed by atoms with van der Waals surface area (Å²) in [6.45, 7) is 3.25. The third-order valence-electron chi connectivity index (χ3n) is 3.32. The molecule has 3 nitrogen and oxygen atoms in total. The monoisotopic (exact) mass is 216 g/mol. The highest BCUT2D eigenvalue weighted by Crippen LogP contribution is 2.32. The van der Waals surface area contributed by atoms with Gasteiger partial charge in [0.25, 0.3) is 0 Å². The molecule has 2 heterocycles. The molecule has 0 saturated carbocycles. The number of anilines is 1. The summed E-state index contributed by atoms with van der Waals surface area (Å²) in [6.07, 6.45) is 2.90. The van der Waals surface area contributed by atoms with E-state index < -0.39 is 0 Å². The highest BCUT2D eigenvalue weighted by molar-refractivity contribution is 5.89. The summed E-state index contributed by atoms with van der Waals surface area (Å²) in [5.41, 5.74) is 8.22. The van der Waals surface area contributed by atoms with Gasteiger partial charge in [-0.15, -0.1) is 0 Å². The van der Waals surface area contributed by atoms with Crippen LogP contribution in [0.15, 0.2) is 34.9 Å². The van der Waals surface area contributed by atoms with Crippen LogP contribution in [0, 0.1) is 5.92 Å². The van der Waals surface area contributed by atoms with Gasteiger partial charge < -0.3 is 15.1 Å². The lowest BCUT2D eigenvalue weighted by atomic mass is 10.1. The summed E-state index contributed by atoms with van der Waals surface area (Å²) in [7, 11) is 0. The largest absolute Gasteiger partial charge is 0.462 e. The van der Waals surface area contributed by atoms with Crippen molar-refractivity contribution in [3.63, 3.8) is 0 Å². The molecule has 0 amide bonds. The van der Waals surface area contributed by atoms with E-state index in [0.717, 1.165) is 29.6 Å². The number of para-hydroxylation sites is 1. The zero-order chi connectivity index (χ0) is 11.1. The number of hydrogen-bond acceptors (Lipinski definition) is 3. The maximum absolute atomic E-state index is 6.15. The van der Waals surface area contributed by atoms with Crippen LogP contribution >= 0.6 is 0 Å². The number of nitrogens with zero attached hydrogens (tertiary/aromatic N) is 1. The fraction of sp³-hybridized carbons (Fsp3) is 0.385. The van der Waals surface area contributed by atoms with Gasteiger partial charge in [0.1, 0.15) is 0 Å². The third-order valence-corrected chi connectivity index (χ3v) is 3.32. The van der Waals surface area contributed by atoms with Crippen molar-refractivity contribution in [1.82, 2.24) is 0 Å². The summed E-state index contributed by atoms with van der Waals surface area (Å²) < 4.78 is 5.55. The minimum Gasteiger partial charge on any atom is -0.462 e. The smallest absolute Gasteiger partial charge is 0.157 e. The molecule has 1 aromatic carbocycles. The van der Waals surface area contributed by atoms with Crippen molar-refractivity contribution < 1.29 is 4.42 Å². The molecule has 16 heavy (non-hydrogen) atoms. The van der Waals surface area contributed by atoms with E-state index in [0.29, 0.717) is 5.92 Å². The normalized spacial score (nSPS) is 25.5. The van der Waals surface area contributed by atoms with Gasteiger partial charge in [-0.3, -0.25) is 0 Å². The van der Waals surface area contributed by atoms with E-state index in [-0.39, 0.29) is 6.17 Å². The van der Waals surface area contributed by atoms with E-state index in [1.54, 1.807) is 6.26 Å². The van der Waals surface area contributed by atoms with Crippen LogP contribution in [-0.2, 0) is 0 Å². The van der Waals surface area contributed by atoms with Crippen molar-refractivity contribution in [2.45, 2.75) is 19.5 Å². The number of rotatable bonds is 1. The quantitative estimate of drug-likeness (QED) is 0.796. The molecule has 0 aliphatic carbocycles. The fourth-order valence-corrected chi connectivity index (χ4v) is 2.57. The maximum Gasteiger partial charge on any atom is 0.157 e.